The molecule has 1 unspecified atom stereocenters. The zero-order chi connectivity index (χ0) is 36.1. The third-order valence-corrected chi connectivity index (χ3v) is 9.30. The summed E-state index contributed by atoms with van der Waals surface area (Å²) in [5.41, 5.74) is 3.97. The van der Waals surface area contributed by atoms with E-state index in [-0.39, 0.29) is 13.2 Å². The maximum atomic E-state index is 11.9. The van der Waals surface area contributed by atoms with Crippen LogP contribution in [-0.2, 0) is 64.3 Å². The quantitative estimate of drug-likeness (QED) is 0.112. The average Bonchev–Trinajstić information content (AvgIpc) is 3.53. The molecule has 0 aliphatic carbocycles. The summed E-state index contributed by atoms with van der Waals surface area (Å²) in [7, 11) is 0. The Balaban J connectivity index is 1.25. The van der Waals surface area contributed by atoms with Gasteiger partial charge in [0, 0.05) is 0 Å². The van der Waals surface area contributed by atoms with Gasteiger partial charge in [-0.15, -0.1) is 6.58 Å². The van der Waals surface area contributed by atoms with Gasteiger partial charge < -0.3 is 43.0 Å². The Kier molecular flexibility index (Phi) is 14.2. The first-order chi connectivity index (χ1) is 25.5. The lowest BCUT2D eigenvalue weighted by molar-refractivity contribution is -0.335. The summed E-state index contributed by atoms with van der Waals surface area (Å²) >= 11 is 0. The van der Waals surface area contributed by atoms with Crippen LogP contribution in [0, 0.1) is 0 Å². The number of benzene rings is 4. The molecule has 4 aromatic rings. The fourth-order valence-electron chi connectivity index (χ4n) is 6.52. The van der Waals surface area contributed by atoms with Gasteiger partial charge in [-0.1, -0.05) is 127 Å². The second-order valence-corrected chi connectivity index (χ2v) is 13.2. The van der Waals surface area contributed by atoms with E-state index >= 15 is 0 Å². The van der Waals surface area contributed by atoms with Gasteiger partial charge in [-0.25, -0.2) is 0 Å². The Hall–Kier alpha value is -3.74. The number of aliphatic hydroxyl groups excluding tert-OH is 1. The lowest BCUT2D eigenvalue weighted by atomic mass is 9.98. The molecular weight excluding hydrogens is 660 g/mol. The molecule has 0 saturated carbocycles. The highest BCUT2D eigenvalue weighted by Gasteiger charge is 2.54. The van der Waals surface area contributed by atoms with E-state index in [1.165, 1.54) is 0 Å². The van der Waals surface area contributed by atoms with Gasteiger partial charge in [0.2, 0.25) is 0 Å². The van der Waals surface area contributed by atoms with Crippen LogP contribution in [0.2, 0.25) is 0 Å². The Bertz CT molecular complexity index is 1590. The van der Waals surface area contributed by atoms with E-state index in [9.17, 15) is 5.11 Å². The van der Waals surface area contributed by atoms with E-state index < -0.39 is 61.4 Å². The van der Waals surface area contributed by atoms with Crippen LogP contribution in [0.5, 0.6) is 0 Å². The third-order valence-electron chi connectivity index (χ3n) is 9.30. The highest BCUT2D eigenvalue weighted by atomic mass is 16.8. The SMILES string of the molecule is C=CCO[C@@H]1O[C@H]([C@H](C)OCc2ccccc2)[C@@H](OCc2ccccc2)[C@H]1OC1O[C@@H](C)[C@H](OCc2ccccc2)[C@@H](O)[C@H]1OCc1ccccc1. The molecule has 2 aliphatic rings. The molecule has 52 heavy (non-hydrogen) atoms. The van der Waals surface area contributed by atoms with Gasteiger partial charge >= 0.3 is 0 Å². The van der Waals surface area contributed by atoms with E-state index in [1.54, 1.807) is 6.08 Å². The highest BCUT2D eigenvalue weighted by Crippen LogP contribution is 2.36. The van der Waals surface area contributed by atoms with Crippen molar-refractivity contribution in [1.29, 1.82) is 0 Å². The summed E-state index contributed by atoms with van der Waals surface area (Å²) < 4.78 is 51.8. The van der Waals surface area contributed by atoms with Crippen LogP contribution < -0.4 is 0 Å². The minimum atomic E-state index is -1.08. The van der Waals surface area contributed by atoms with Crippen LogP contribution in [-0.4, -0.2) is 73.1 Å². The summed E-state index contributed by atoms with van der Waals surface area (Å²) in [6.45, 7) is 9.11. The van der Waals surface area contributed by atoms with Crippen molar-refractivity contribution in [3.05, 3.63) is 156 Å². The third kappa shape index (κ3) is 10.2. The second-order valence-electron chi connectivity index (χ2n) is 13.2. The predicted octanol–water partition coefficient (Wildman–Crippen LogP) is 6.77. The van der Waals surface area contributed by atoms with Crippen LogP contribution in [0.15, 0.2) is 134 Å². The number of ether oxygens (including phenoxy) is 8. The van der Waals surface area contributed by atoms with Crippen LogP contribution >= 0.6 is 0 Å². The molecule has 6 rings (SSSR count). The predicted molar refractivity (Wildman–Crippen MR) is 196 cm³/mol. The molecule has 4 aromatic carbocycles. The van der Waals surface area contributed by atoms with Crippen molar-refractivity contribution in [2.75, 3.05) is 6.61 Å². The molecule has 9 heteroatoms. The maximum Gasteiger partial charge on any atom is 0.187 e. The van der Waals surface area contributed by atoms with Gasteiger partial charge in [0.1, 0.15) is 36.6 Å². The van der Waals surface area contributed by atoms with Crippen molar-refractivity contribution in [3.63, 3.8) is 0 Å². The number of rotatable bonds is 18. The lowest BCUT2D eigenvalue weighted by Crippen LogP contribution is -2.60. The first-order valence-electron chi connectivity index (χ1n) is 18.0. The van der Waals surface area contributed by atoms with Crippen LogP contribution in [0.4, 0.5) is 0 Å². The number of aliphatic hydroxyl groups is 1. The summed E-state index contributed by atoms with van der Waals surface area (Å²) in [5.74, 6) is 0. The Labute approximate surface area is 307 Å². The van der Waals surface area contributed by atoms with E-state index in [0.717, 1.165) is 22.3 Å². The molecule has 0 aromatic heterocycles. The molecule has 0 radical (unpaired) electrons. The molecule has 2 saturated heterocycles. The Morgan fingerprint density at radius 1 is 0.596 bits per heavy atom. The van der Waals surface area contributed by atoms with Gasteiger partial charge in [-0.05, 0) is 36.1 Å². The van der Waals surface area contributed by atoms with Gasteiger partial charge in [0.25, 0.3) is 0 Å². The van der Waals surface area contributed by atoms with Crippen LogP contribution in [0.1, 0.15) is 36.1 Å². The zero-order valence-electron chi connectivity index (χ0n) is 29.9. The minimum Gasteiger partial charge on any atom is -0.387 e. The van der Waals surface area contributed by atoms with Crippen molar-refractivity contribution < 1.29 is 43.0 Å². The molecule has 9 nitrogen and oxygen atoms in total. The van der Waals surface area contributed by atoms with Gasteiger partial charge in [-0.2, -0.15) is 0 Å². The standard InChI is InChI=1S/C43H50O9/c1-4-25-45-42-41(40(49-29-35-23-15-8-16-24-35)38(51-42)30(2)46-26-32-17-9-5-10-18-32)52-43-39(48-28-34-21-13-7-14-22-34)36(44)37(31(3)50-43)47-27-33-19-11-6-12-20-33/h4-24,30-31,36-44H,1,25-29H2,2-3H3/t30-,31-,36+,37-,38+,39+,40+,41+,42+,43?/m0/s1. The fraction of sp³-hybridized carbons (Fsp3) is 0.395. The molecular formula is C43H50O9. The van der Waals surface area contributed by atoms with E-state index in [0.29, 0.717) is 19.8 Å². The smallest absolute Gasteiger partial charge is 0.187 e. The first-order valence-corrected chi connectivity index (χ1v) is 18.0. The van der Waals surface area contributed by atoms with Crippen molar-refractivity contribution >= 4 is 0 Å². The first kappa shape index (κ1) is 38.0. The van der Waals surface area contributed by atoms with Crippen LogP contribution in [0.25, 0.3) is 0 Å². The van der Waals surface area contributed by atoms with E-state index in [1.807, 2.05) is 135 Å². The normalized spacial score (nSPS) is 28.0. The molecule has 0 spiro atoms. The molecule has 2 heterocycles. The summed E-state index contributed by atoms with van der Waals surface area (Å²) in [6, 6.07) is 39.5. The summed E-state index contributed by atoms with van der Waals surface area (Å²) in [5, 5.41) is 11.9. The van der Waals surface area contributed by atoms with Gasteiger partial charge in [0.15, 0.2) is 12.6 Å². The fourth-order valence-corrected chi connectivity index (χ4v) is 6.52. The molecule has 2 aliphatic heterocycles. The zero-order valence-corrected chi connectivity index (χ0v) is 29.9. The largest absolute Gasteiger partial charge is 0.387 e. The average molecular weight is 711 g/mol. The molecule has 1 N–H and O–H groups in total. The van der Waals surface area contributed by atoms with E-state index in [4.69, 9.17) is 37.9 Å². The van der Waals surface area contributed by atoms with E-state index in [2.05, 4.69) is 6.58 Å². The Morgan fingerprint density at radius 3 is 1.56 bits per heavy atom. The van der Waals surface area contributed by atoms with Gasteiger partial charge in [0.05, 0.1) is 45.2 Å². The van der Waals surface area contributed by atoms with Crippen LogP contribution in [0.3, 0.4) is 0 Å². The van der Waals surface area contributed by atoms with Crippen molar-refractivity contribution in [2.24, 2.45) is 0 Å². The Morgan fingerprint density at radius 2 is 1.06 bits per heavy atom. The monoisotopic (exact) mass is 710 g/mol. The second kappa shape index (κ2) is 19.4. The maximum absolute atomic E-state index is 11.9. The highest BCUT2D eigenvalue weighted by molar-refractivity contribution is 5.16. The summed E-state index contributed by atoms with van der Waals surface area (Å²) in [6.07, 6.45) is -5.83. The molecule has 0 amide bonds. The molecule has 276 valence electrons. The molecule has 2 fully saturated rings. The molecule has 10 atom stereocenters. The van der Waals surface area contributed by atoms with Crippen molar-refractivity contribution in [3.8, 4) is 0 Å². The molecule has 0 bridgehead atoms. The van der Waals surface area contributed by atoms with Gasteiger partial charge in [-0.3, -0.25) is 0 Å². The lowest BCUT2D eigenvalue weighted by Gasteiger charge is -2.44. The number of hydrogen-bond acceptors (Lipinski definition) is 9. The number of hydrogen-bond donors (Lipinski definition) is 1. The summed E-state index contributed by atoms with van der Waals surface area (Å²) in [4.78, 5) is 0. The van der Waals surface area contributed by atoms with Crippen molar-refractivity contribution in [2.45, 2.75) is 102 Å². The van der Waals surface area contributed by atoms with Crippen molar-refractivity contribution in [1.82, 2.24) is 0 Å². The minimum absolute atomic E-state index is 0.218. The topological polar surface area (TPSA) is 94.1 Å².